The van der Waals surface area contributed by atoms with Crippen molar-refractivity contribution in [1.82, 2.24) is 19.6 Å². The molecule has 0 saturated carbocycles. The van der Waals surface area contributed by atoms with Gasteiger partial charge in [0.2, 0.25) is 0 Å². The minimum Gasteiger partial charge on any atom is -0.468 e. The number of hydrogen-bond acceptors (Lipinski definition) is 6. The highest BCUT2D eigenvalue weighted by molar-refractivity contribution is 5.98. The molecule has 0 unspecified atom stereocenters. The number of carbonyl (C=O) groups excluding carboxylic acids is 3. The van der Waals surface area contributed by atoms with Gasteiger partial charge in [0.05, 0.1) is 26.9 Å². The van der Waals surface area contributed by atoms with Crippen LogP contribution in [0.3, 0.4) is 0 Å². The van der Waals surface area contributed by atoms with Crippen LogP contribution in [-0.2, 0) is 20.8 Å². The number of aromatic nitrogens is 2. The van der Waals surface area contributed by atoms with Gasteiger partial charge in [0, 0.05) is 38.7 Å². The number of likely N-dealkylation sites (N-methyl/N-ethyl adjacent to an activating group) is 1. The van der Waals surface area contributed by atoms with Crippen LogP contribution in [0.25, 0.3) is 0 Å². The zero-order valence-electron chi connectivity index (χ0n) is 14.6. The zero-order valence-corrected chi connectivity index (χ0v) is 15.5. The molecule has 4 rings (SSSR count). The summed E-state index contributed by atoms with van der Waals surface area (Å²) >= 11 is 0. The standard InChI is InChI=1S/C16H20N4O5.ClH/c1-18-3-4-20-12(14(18)22)5-11(17-20)13(21)19-6-10-7-25-9-16(10,8-19)15(23)24-2;/h5,10H,3-4,6-9H2,1-2H3;1H/t10-,16-;/m0./s1. The van der Waals surface area contributed by atoms with Crippen LogP contribution in [0, 0.1) is 11.3 Å². The predicted octanol–water partition coefficient (Wildman–Crippen LogP) is -0.348. The predicted molar refractivity (Wildman–Crippen MR) is 91.1 cm³/mol. The molecule has 0 spiro atoms. The summed E-state index contributed by atoms with van der Waals surface area (Å²) in [5, 5.41) is 4.29. The van der Waals surface area contributed by atoms with E-state index in [4.69, 9.17) is 9.47 Å². The highest BCUT2D eigenvalue weighted by Crippen LogP contribution is 2.42. The summed E-state index contributed by atoms with van der Waals surface area (Å²) in [7, 11) is 3.07. The van der Waals surface area contributed by atoms with Gasteiger partial charge in [-0.2, -0.15) is 5.10 Å². The molecular formula is C16H21ClN4O5. The Hall–Kier alpha value is -2.13. The molecule has 1 aromatic rings. The monoisotopic (exact) mass is 384 g/mol. The van der Waals surface area contributed by atoms with Gasteiger partial charge in [-0.25, -0.2) is 0 Å². The van der Waals surface area contributed by atoms with E-state index in [2.05, 4.69) is 5.10 Å². The number of ether oxygens (including phenoxy) is 2. The lowest BCUT2D eigenvalue weighted by molar-refractivity contribution is -0.153. The smallest absolute Gasteiger partial charge is 0.316 e. The first-order valence-corrected chi connectivity index (χ1v) is 8.25. The number of fused-ring (bicyclic) bond motifs is 2. The minimum absolute atomic E-state index is 0. The molecule has 0 aromatic carbocycles. The van der Waals surface area contributed by atoms with E-state index in [0.29, 0.717) is 31.9 Å². The topological polar surface area (TPSA) is 94.0 Å². The second-order valence-corrected chi connectivity index (χ2v) is 6.91. The van der Waals surface area contributed by atoms with Crippen LogP contribution in [0.4, 0.5) is 0 Å². The van der Waals surface area contributed by atoms with Crippen LogP contribution in [0.15, 0.2) is 6.07 Å². The maximum atomic E-state index is 12.9. The number of amides is 2. The molecule has 26 heavy (non-hydrogen) atoms. The lowest BCUT2D eigenvalue weighted by Gasteiger charge is -2.23. The Morgan fingerprint density at radius 3 is 2.88 bits per heavy atom. The normalized spacial score (nSPS) is 27.0. The lowest BCUT2D eigenvalue weighted by Crippen LogP contribution is -2.41. The highest BCUT2D eigenvalue weighted by Gasteiger charge is 2.58. The summed E-state index contributed by atoms with van der Waals surface area (Å²) in [5.41, 5.74) is -0.137. The number of nitrogens with zero attached hydrogens (tertiary/aromatic N) is 4. The number of halogens is 1. The molecule has 0 bridgehead atoms. The number of carbonyl (C=O) groups is 3. The zero-order chi connectivity index (χ0) is 17.8. The average Bonchev–Trinajstić information content (AvgIpc) is 3.28. The Labute approximate surface area is 156 Å². The minimum atomic E-state index is -0.792. The van der Waals surface area contributed by atoms with Gasteiger partial charge in [0.25, 0.3) is 11.8 Å². The quantitative estimate of drug-likeness (QED) is 0.647. The Kier molecular flexibility index (Phi) is 4.70. The Morgan fingerprint density at radius 1 is 1.38 bits per heavy atom. The lowest BCUT2D eigenvalue weighted by atomic mass is 9.81. The molecule has 9 nitrogen and oxygen atoms in total. The molecule has 0 N–H and O–H groups in total. The largest absolute Gasteiger partial charge is 0.468 e. The van der Waals surface area contributed by atoms with E-state index in [9.17, 15) is 14.4 Å². The summed E-state index contributed by atoms with van der Waals surface area (Å²) in [6.07, 6.45) is 0. The first-order valence-electron chi connectivity index (χ1n) is 8.25. The molecule has 1 aromatic heterocycles. The van der Waals surface area contributed by atoms with Crippen LogP contribution in [0.2, 0.25) is 0 Å². The van der Waals surface area contributed by atoms with Crippen LogP contribution >= 0.6 is 12.4 Å². The summed E-state index contributed by atoms with van der Waals surface area (Å²) in [5.74, 6) is -0.828. The third-order valence-corrected chi connectivity index (χ3v) is 5.47. The van der Waals surface area contributed by atoms with E-state index >= 15 is 0 Å². The number of esters is 1. The molecule has 0 aliphatic carbocycles. The van der Waals surface area contributed by atoms with Crippen LogP contribution in [0.1, 0.15) is 21.0 Å². The second-order valence-electron chi connectivity index (χ2n) is 6.91. The fourth-order valence-electron chi connectivity index (χ4n) is 3.95. The van der Waals surface area contributed by atoms with Crippen molar-refractivity contribution in [3.8, 4) is 0 Å². The van der Waals surface area contributed by atoms with Crippen LogP contribution in [0.5, 0.6) is 0 Å². The van der Waals surface area contributed by atoms with E-state index in [0.717, 1.165) is 0 Å². The summed E-state index contributed by atoms with van der Waals surface area (Å²) in [6.45, 7) is 2.49. The maximum Gasteiger partial charge on any atom is 0.316 e. The number of methoxy groups -OCH3 is 1. The molecule has 142 valence electrons. The molecule has 2 amide bonds. The van der Waals surface area contributed by atoms with E-state index < -0.39 is 5.41 Å². The van der Waals surface area contributed by atoms with E-state index in [1.807, 2.05) is 0 Å². The molecule has 0 radical (unpaired) electrons. The Bertz CT molecular complexity index is 766. The SMILES string of the molecule is COC(=O)[C@@]12COC[C@@H]1CN(C(=O)c1cc3n(n1)CCN(C)C3=O)C2.Cl. The molecule has 2 atom stereocenters. The summed E-state index contributed by atoms with van der Waals surface area (Å²) < 4.78 is 12.0. The molecule has 10 heteroatoms. The highest BCUT2D eigenvalue weighted by atomic mass is 35.5. The number of hydrogen-bond donors (Lipinski definition) is 0. The third-order valence-electron chi connectivity index (χ3n) is 5.47. The van der Waals surface area contributed by atoms with Gasteiger partial charge in [0.15, 0.2) is 5.69 Å². The second kappa shape index (κ2) is 6.55. The molecule has 2 saturated heterocycles. The molecule has 3 aliphatic heterocycles. The fourth-order valence-corrected chi connectivity index (χ4v) is 3.95. The van der Waals surface area contributed by atoms with Gasteiger partial charge in [-0.05, 0) is 0 Å². The first-order chi connectivity index (χ1) is 12.0. The first kappa shape index (κ1) is 18.7. The van der Waals surface area contributed by atoms with Crippen molar-refractivity contribution in [2.45, 2.75) is 6.54 Å². The molecule has 2 fully saturated rings. The van der Waals surface area contributed by atoms with Gasteiger partial charge in [0.1, 0.15) is 11.1 Å². The van der Waals surface area contributed by atoms with E-state index in [1.54, 1.807) is 21.5 Å². The van der Waals surface area contributed by atoms with Crippen molar-refractivity contribution < 1.29 is 23.9 Å². The van der Waals surface area contributed by atoms with Crippen molar-refractivity contribution in [3.63, 3.8) is 0 Å². The van der Waals surface area contributed by atoms with Crippen molar-refractivity contribution in [1.29, 1.82) is 0 Å². The van der Waals surface area contributed by atoms with Crippen molar-refractivity contribution >= 4 is 30.2 Å². The van der Waals surface area contributed by atoms with E-state index in [1.165, 1.54) is 13.2 Å². The number of likely N-dealkylation sites (tertiary alicyclic amines) is 1. The van der Waals surface area contributed by atoms with Crippen molar-refractivity contribution in [3.05, 3.63) is 17.5 Å². The molecular weight excluding hydrogens is 364 g/mol. The van der Waals surface area contributed by atoms with Gasteiger partial charge in [-0.15, -0.1) is 12.4 Å². The number of rotatable bonds is 2. The Morgan fingerprint density at radius 2 is 2.15 bits per heavy atom. The average molecular weight is 385 g/mol. The van der Waals surface area contributed by atoms with Crippen LogP contribution < -0.4 is 0 Å². The maximum absolute atomic E-state index is 12.9. The van der Waals surface area contributed by atoms with Gasteiger partial charge in [-0.1, -0.05) is 0 Å². The molecule has 4 heterocycles. The van der Waals surface area contributed by atoms with Gasteiger partial charge in [-0.3, -0.25) is 19.1 Å². The summed E-state index contributed by atoms with van der Waals surface area (Å²) in [6, 6.07) is 1.54. The fraction of sp³-hybridized carbons (Fsp3) is 0.625. The van der Waals surface area contributed by atoms with E-state index in [-0.39, 0.29) is 55.0 Å². The van der Waals surface area contributed by atoms with Crippen molar-refractivity contribution in [2.75, 3.05) is 47.0 Å². The Balaban J connectivity index is 0.00000196. The summed E-state index contributed by atoms with van der Waals surface area (Å²) in [4.78, 5) is 40.5. The third kappa shape index (κ3) is 2.57. The van der Waals surface area contributed by atoms with Gasteiger partial charge >= 0.3 is 5.97 Å². The van der Waals surface area contributed by atoms with Gasteiger partial charge < -0.3 is 19.3 Å². The molecule has 3 aliphatic rings. The van der Waals surface area contributed by atoms with Crippen LogP contribution in [-0.4, -0.2) is 84.4 Å². The van der Waals surface area contributed by atoms with Crippen molar-refractivity contribution in [2.24, 2.45) is 11.3 Å².